The number of fused-ring (bicyclic) bond motifs is 1. The number of carbonyl (C=O) groups is 1. The Bertz CT molecular complexity index is 918. The van der Waals surface area contributed by atoms with Crippen LogP contribution in [0.4, 0.5) is 5.69 Å². The number of ether oxygens (including phenoxy) is 1. The van der Waals surface area contributed by atoms with E-state index in [0.29, 0.717) is 37.3 Å². The first-order valence-corrected chi connectivity index (χ1v) is 8.66. The van der Waals surface area contributed by atoms with E-state index in [2.05, 4.69) is 17.4 Å². The molecular formula is C21H21NO4. The second kappa shape index (κ2) is 8.97. The van der Waals surface area contributed by atoms with Crippen molar-refractivity contribution >= 4 is 22.6 Å². The first-order chi connectivity index (χ1) is 12.7. The van der Waals surface area contributed by atoms with Crippen LogP contribution in [0, 0.1) is 0 Å². The summed E-state index contributed by atoms with van der Waals surface area (Å²) in [6, 6.07) is 18.4. The van der Waals surface area contributed by atoms with Gasteiger partial charge in [-0.1, -0.05) is 30.3 Å². The largest absolute Gasteiger partial charge is 0.423 e. The lowest BCUT2D eigenvalue weighted by molar-refractivity contribution is -0.116. The number of amides is 1. The molecule has 134 valence electrons. The fraction of sp³-hybridized carbons (Fsp3) is 0.238. The normalized spacial score (nSPS) is 10.8. The van der Waals surface area contributed by atoms with E-state index in [0.717, 1.165) is 11.8 Å². The molecule has 1 N–H and O–H groups in total. The predicted octanol–water partition coefficient (Wildman–Crippen LogP) is 3.77. The minimum absolute atomic E-state index is 0.0617. The van der Waals surface area contributed by atoms with Gasteiger partial charge in [0.25, 0.3) is 0 Å². The molecule has 0 bridgehead atoms. The van der Waals surface area contributed by atoms with E-state index in [1.807, 2.05) is 18.2 Å². The Hall–Kier alpha value is -2.92. The summed E-state index contributed by atoms with van der Waals surface area (Å²) in [5, 5.41) is 3.62. The molecule has 0 spiro atoms. The fourth-order valence-electron chi connectivity index (χ4n) is 2.64. The van der Waals surface area contributed by atoms with Crippen LogP contribution in [0.3, 0.4) is 0 Å². The second-order valence-corrected chi connectivity index (χ2v) is 6.01. The van der Waals surface area contributed by atoms with Crippen LogP contribution in [-0.4, -0.2) is 19.1 Å². The minimum Gasteiger partial charge on any atom is -0.423 e. The van der Waals surface area contributed by atoms with Crippen molar-refractivity contribution in [2.75, 3.05) is 18.5 Å². The molecule has 0 aliphatic carbocycles. The average molecular weight is 351 g/mol. The van der Waals surface area contributed by atoms with Crippen LogP contribution < -0.4 is 10.9 Å². The molecular weight excluding hydrogens is 330 g/mol. The van der Waals surface area contributed by atoms with Gasteiger partial charge in [0.1, 0.15) is 5.58 Å². The number of rotatable bonds is 8. The number of carbonyl (C=O) groups excluding carboxylic acids is 1. The lowest BCUT2D eigenvalue weighted by Crippen LogP contribution is -2.12. The van der Waals surface area contributed by atoms with Crippen LogP contribution in [0.15, 0.2) is 69.9 Å². The van der Waals surface area contributed by atoms with E-state index in [9.17, 15) is 9.59 Å². The Labute approximate surface area is 151 Å². The Morgan fingerprint density at radius 3 is 2.69 bits per heavy atom. The maximum atomic E-state index is 12.0. The van der Waals surface area contributed by atoms with Crippen LogP contribution in [0.1, 0.15) is 18.4 Å². The smallest absolute Gasteiger partial charge is 0.336 e. The number of hydrogen-bond donors (Lipinski definition) is 1. The van der Waals surface area contributed by atoms with Gasteiger partial charge < -0.3 is 14.5 Å². The highest BCUT2D eigenvalue weighted by Crippen LogP contribution is 2.17. The van der Waals surface area contributed by atoms with E-state index in [1.165, 1.54) is 11.6 Å². The summed E-state index contributed by atoms with van der Waals surface area (Å²) in [4.78, 5) is 23.2. The zero-order chi connectivity index (χ0) is 18.2. The molecule has 5 nitrogen and oxygen atoms in total. The molecule has 5 heteroatoms. The van der Waals surface area contributed by atoms with Gasteiger partial charge in [-0.05, 0) is 42.7 Å². The third-order valence-corrected chi connectivity index (χ3v) is 3.97. The monoisotopic (exact) mass is 351 g/mol. The second-order valence-electron chi connectivity index (χ2n) is 6.01. The van der Waals surface area contributed by atoms with Crippen LogP contribution in [-0.2, 0) is 16.0 Å². The third-order valence-electron chi connectivity index (χ3n) is 3.97. The van der Waals surface area contributed by atoms with Gasteiger partial charge in [0, 0.05) is 30.2 Å². The van der Waals surface area contributed by atoms with Crippen LogP contribution >= 0.6 is 0 Å². The SMILES string of the molecule is O=C(CCCOCCc1ccccc1)Nc1ccc2oc(=O)ccc2c1. The lowest BCUT2D eigenvalue weighted by Gasteiger charge is -2.07. The van der Waals surface area contributed by atoms with Gasteiger partial charge in [-0.25, -0.2) is 4.79 Å². The highest BCUT2D eigenvalue weighted by Gasteiger charge is 2.04. The van der Waals surface area contributed by atoms with Crippen molar-refractivity contribution in [1.29, 1.82) is 0 Å². The van der Waals surface area contributed by atoms with Crippen molar-refractivity contribution in [3.05, 3.63) is 76.6 Å². The topological polar surface area (TPSA) is 68.5 Å². The first kappa shape index (κ1) is 17.9. The van der Waals surface area contributed by atoms with Crippen molar-refractivity contribution < 1.29 is 13.9 Å². The van der Waals surface area contributed by atoms with Gasteiger partial charge in [-0.15, -0.1) is 0 Å². The minimum atomic E-state index is -0.387. The molecule has 0 aliphatic rings. The molecule has 0 atom stereocenters. The van der Waals surface area contributed by atoms with E-state index >= 15 is 0 Å². The Balaban J connectivity index is 1.37. The molecule has 1 aromatic heterocycles. The van der Waals surface area contributed by atoms with Gasteiger partial charge in [0.2, 0.25) is 5.91 Å². The van der Waals surface area contributed by atoms with Crippen molar-refractivity contribution in [3.8, 4) is 0 Å². The fourth-order valence-corrected chi connectivity index (χ4v) is 2.64. The van der Waals surface area contributed by atoms with Gasteiger partial charge >= 0.3 is 5.63 Å². The molecule has 0 fully saturated rings. The number of anilines is 1. The molecule has 3 aromatic rings. The molecule has 0 unspecified atom stereocenters. The van der Waals surface area contributed by atoms with Crippen LogP contribution in [0.25, 0.3) is 11.0 Å². The molecule has 1 heterocycles. The summed E-state index contributed by atoms with van der Waals surface area (Å²) in [5.74, 6) is -0.0617. The summed E-state index contributed by atoms with van der Waals surface area (Å²) in [6.07, 6.45) is 1.94. The Morgan fingerprint density at radius 1 is 1.00 bits per heavy atom. The van der Waals surface area contributed by atoms with Gasteiger partial charge in [0.05, 0.1) is 6.61 Å². The Kier molecular flexibility index (Phi) is 6.17. The quantitative estimate of drug-likeness (QED) is 0.495. The van der Waals surface area contributed by atoms with E-state index in [1.54, 1.807) is 24.3 Å². The molecule has 3 rings (SSSR count). The van der Waals surface area contributed by atoms with E-state index in [-0.39, 0.29) is 11.5 Å². The van der Waals surface area contributed by atoms with Crippen molar-refractivity contribution in [2.24, 2.45) is 0 Å². The standard InChI is InChI=1S/C21H21NO4/c23-20(7-4-13-25-14-12-16-5-2-1-3-6-16)22-18-9-10-19-17(15-18)8-11-21(24)26-19/h1-3,5-6,8-11,15H,4,7,12-14H2,(H,22,23). The maximum absolute atomic E-state index is 12.0. The summed E-state index contributed by atoms with van der Waals surface area (Å²) in [6.45, 7) is 1.21. The maximum Gasteiger partial charge on any atom is 0.336 e. The highest BCUT2D eigenvalue weighted by molar-refractivity contribution is 5.93. The zero-order valence-corrected chi connectivity index (χ0v) is 14.4. The molecule has 2 aromatic carbocycles. The summed E-state index contributed by atoms with van der Waals surface area (Å²) < 4.78 is 10.7. The Morgan fingerprint density at radius 2 is 1.85 bits per heavy atom. The molecule has 0 aliphatic heterocycles. The number of hydrogen-bond acceptors (Lipinski definition) is 4. The van der Waals surface area contributed by atoms with Crippen molar-refractivity contribution in [1.82, 2.24) is 0 Å². The van der Waals surface area contributed by atoms with Crippen molar-refractivity contribution in [2.45, 2.75) is 19.3 Å². The highest BCUT2D eigenvalue weighted by atomic mass is 16.5. The van der Waals surface area contributed by atoms with Gasteiger partial charge in [-0.2, -0.15) is 0 Å². The molecule has 26 heavy (non-hydrogen) atoms. The molecule has 0 saturated heterocycles. The first-order valence-electron chi connectivity index (χ1n) is 8.66. The van der Waals surface area contributed by atoms with Crippen LogP contribution in [0.2, 0.25) is 0 Å². The number of nitrogens with one attached hydrogen (secondary N) is 1. The van der Waals surface area contributed by atoms with Crippen LogP contribution in [0.5, 0.6) is 0 Å². The van der Waals surface area contributed by atoms with E-state index < -0.39 is 0 Å². The van der Waals surface area contributed by atoms with Gasteiger partial charge in [0.15, 0.2) is 0 Å². The predicted molar refractivity (Wildman–Crippen MR) is 101 cm³/mol. The summed E-state index contributed by atoms with van der Waals surface area (Å²) >= 11 is 0. The molecule has 0 saturated carbocycles. The zero-order valence-electron chi connectivity index (χ0n) is 14.4. The third kappa shape index (κ3) is 5.29. The number of benzene rings is 2. The summed E-state index contributed by atoms with van der Waals surface area (Å²) in [7, 11) is 0. The molecule has 0 radical (unpaired) electrons. The van der Waals surface area contributed by atoms with E-state index in [4.69, 9.17) is 9.15 Å². The average Bonchev–Trinajstić information content (AvgIpc) is 2.65. The lowest BCUT2D eigenvalue weighted by atomic mass is 10.2. The summed E-state index contributed by atoms with van der Waals surface area (Å²) in [5.41, 5.74) is 2.04. The van der Waals surface area contributed by atoms with Crippen molar-refractivity contribution in [3.63, 3.8) is 0 Å². The molecule has 1 amide bonds. The van der Waals surface area contributed by atoms with Gasteiger partial charge in [-0.3, -0.25) is 4.79 Å².